The third-order valence-corrected chi connectivity index (χ3v) is 8.67. The fraction of sp³-hybridized carbons (Fsp3) is 0.312. The number of likely N-dealkylation sites (N-methyl/N-ethyl adjacent to an activating group) is 1. The molecule has 210 valence electrons. The van der Waals surface area contributed by atoms with Crippen LogP contribution < -0.4 is 10.2 Å². The zero-order valence-corrected chi connectivity index (χ0v) is 23.5. The van der Waals surface area contributed by atoms with E-state index in [0.29, 0.717) is 35.6 Å². The number of imidazole rings is 1. The molecular weight excluding hydrogens is 528 g/mol. The molecule has 5 heterocycles. The van der Waals surface area contributed by atoms with E-state index < -0.39 is 0 Å². The van der Waals surface area contributed by atoms with E-state index in [-0.39, 0.29) is 18.5 Å². The lowest BCUT2D eigenvalue weighted by Gasteiger charge is -2.17. The van der Waals surface area contributed by atoms with Crippen molar-refractivity contribution in [1.29, 1.82) is 0 Å². The smallest absolute Gasteiger partial charge is 0.331 e. The standard InChI is InChI=1S/C32H30N8O2/c1-18-7-8-33-30(36-18)26-12-25(26)21-9-20-10-23(5-6-27(20)35-13-21)34-14-24-16-39-15-22(19-3-4-19)11-28(31(39)37-24)40-17-29(41)38(2)32(40)42/h5-11,13,15-16,19,25-26,34H,3-4,12,14,17H2,1-2H3/t25-,26+/m1/s1. The van der Waals surface area contributed by atoms with Gasteiger partial charge in [-0.05, 0) is 85.5 Å². The molecule has 3 amide bonds. The minimum atomic E-state index is -0.314. The van der Waals surface area contributed by atoms with E-state index in [1.165, 1.54) is 28.0 Å². The van der Waals surface area contributed by atoms with E-state index in [1.54, 1.807) is 0 Å². The number of anilines is 2. The molecule has 0 unspecified atom stereocenters. The fourth-order valence-electron chi connectivity index (χ4n) is 6.01. The Hall–Kier alpha value is -4.86. The number of carbonyl (C=O) groups is 2. The Kier molecular flexibility index (Phi) is 5.53. The number of amides is 3. The number of fused-ring (bicyclic) bond motifs is 2. The molecule has 1 N–H and O–H groups in total. The van der Waals surface area contributed by atoms with E-state index in [9.17, 15) is 9.59 Å². The average Bonchev–Trinajstić information content (AvgIpc) is 3.92. The van der Waals surface area contributed by atoms with Crippen molar-refractivity contribution in [1.82, 2.24) is 29.2 Å². The van der Waals surface area contributed by atoms with Crippen molar-refractivity contribution in [3.63, 3.8) is 0 Å². The first-order valence-corrected chi connectivity index (χ1v) is 14.4. The molecule has 2 atom stereocenters. The van der Waals surface area contributed by atoms with Gasteiger partial charge in [-0.2, -0.15) is 0 Å². The van der Waals surface area contributed by atoms with Crippen LogP contribution in [0.5, 0.6) is 0 Å². The van der Waals surface area contributed by atoms with Crippen molar-refractivity contribution >= 4 is 39.9 Å². The highest BCUT2D eigenvalue weighted by atomic mass is 16.2. The summed E-state index contributed by atoms with van der Waals surface area (Å²) in [5.74, 6) is 1.95. The normalized spacial score (nSPS) is 20.2. The van der Waals surface area contributed by atoms with Crippen LogP contribution in [0.25, 0.3) is 16.6 Å². The van der Waals surface area contributed by atoms with E-state index in [0.717, 1.165) is 53.1 Å². The van der Waals surface area contributed by atoms with Crippen LogP contribution in [-0.2, 0) is 11.3 Å². The number of imide groups is 1. The third-order valence-electron chi connectivity index (χ3n) is 8.67. The number of aryl methyl sites for hydroxylation is 1. The van der Waals surface area contributed by atoms with Gasteiger partial charge in [-0.1, -0.05) is 0 Å². The zero-order chi connectivity index (χ0) is 28.5. The van der Waals surface area contributed by atoms with Gasteiger partial charge in [0.1, 0.15) is 12.4 Å². The van der Waals surface area contributed by atoms with Gasteiger partial charge in [0.15, 0.2) is 5.65 Å². The highest BCUT2D eigenvalue weighted by molar-refractivity contribution is 6.13. The van der Waals surface area contributed by atoms with E-state index >= 15 is 0 Å². The highest BCUT2D eigenvalue weighted by Gasteiger charge is 2.42. The van der Waals surface area contributed by atoms with Gasteiger partial charge in [-0.3, -0.25) is 19.6 Å². The van der Waals surface area contributed by atoms with Crippen LogP contribution in [0.2, 0.25) is 0 Å². The van der Waals surface area contributed by atoms with Crippen molar-refractivity contribution in [3.8, 4) is 0 Å². The number of hydrogen-bond donors (Lipinski definition) is 1. The Bertz CT molecular complexity index is 1910. The van der Waals surface area contributed by atoms with Gasteiger partial charge < -0.3 is 9.72 Å². The van der Waals surface area contributed by atoms with Crippen LogP contribution in [0.3, 0.4) is 0 Å². The van der Waals surface area contributed by atoms with Gasteiger partial charge in [-0.25, -0.2) is 19.7 Å². The summed E-state index contributed by atoms with van der Waals surface area (Å²) in [4.78, 5) is 46.5. The molecule has 2 saturated carbocycles. The van der Waals surface area contributed by atoms with Crippen LogP contribution in [-0.4, -0.2) is 54.8 Å². The van der Waals surface area contributed by atoms with Crippen LogP contribution in [0.4, 0.5) is 16.2 Å². The first-order chi connectivity index (χ1) is 20.4. The predicted octanol–water partition coefficient (Wildman–Crippen LogP) is 5.14. The van der Waals surface area contributed by atoms with Crippen LogP contribution >= 0.6 is 0 Å². The highest BCUT2D eigenvalue weighted by Crippen LogP contribution is 2.53. The van der Waals surface area contributed by atoms with E-state index in [4.69, 9.17) is 9.97 Å². The van der Waals surface area contributed by atoms with Gasteiger partial charge in [0, 0.05) is 54.5 Å². The fourth-order valence-corrected chi connectivity index (χ4v) is 6.01. The molecule has 10 nitrogen and oxygen atoms in total. The molecule has 0 bridgehead atoms. The number of nitrogens with one attached hydrogen (secondary N) is 1. The molecule has 3 fully saturated rings. The summed E-state index contributed by atoms with van der Waals surface area (Å²) in [6.07, 6.45) is 11.3. The summed E-state index contributed by atoms with van der Waals surface area (Å²) in [6.45, 7) is 2.55. The lowest BCUT2D eigenvalue weighted by Crippen LogP contribution is -2.30. The van der Waals surface area contributed by atoms with Crippen LogP contribution in [0, 0.1) is 6.92 Å². The topological polar surface area (TPSA) is 109 Å². The van der Waals surface area contributed by atoms with Gasteiger partial charge in [0.25, 0.3) is 0 Å². The number of benzene rings is 1. The number of rotatable bonds is 7. The van der Waals surface area contributed by atoms with Crippen molar-refractivity contribution < 1.29 is 9.59 Å². The zero-order valence-electron chi connectivity index (χ0n) is 23.5. The second-order valence-corrected chi connectivity index (χ2v) is 11.8. The molecule has 3 aliphatic rings. The molecule has 0 radical (unpaired) electrons. The largest absolute Gasteiger partial charge is 0.379 e. The molecule has 2 aliphatic carbocycles. The summed E-state index contributed by atoms with van der Waals surface area (Å²) in [6, 6.07) is 12.1. The van der Waals surface area contributed by atoms with E-state index in [2.05, 4.69) is 33.6 Å². The lowest BCUT2D eigenvalue weighted by atomic mass is 10.1. The molecule has 1 saturated heterocycles. The van der Waals surface area contributed by atoms with Crippen LogP contribution in [0.1, 0.15) is 65.4 Å². The first-order valence-electron chi connectivity index (χ1n) is 14.4. The Morgan fingerprint density at radius 1 is 0.976 bits per heavy atom. The Labute approximate surface area is 242 Å². The molecule has 1 aliphatic heterocycles. The van der Waals surface area contributed by atoms with Crippen molar-refractivity contribution in [2.24, 2.45) is 0 Å². The SMILES string of the molecule is Cc1ccnc([C@H]2C[C@@H]2c2cnc3ccc(NCc4cn5cc(C6CC6)cc(N6CC(=O)N(C)C6=O)c5n4)cc3c2)n1. The minimum absolute atomic E-state index is 0.0340. The Balaban J connectivity index is 1.04. The number of aromatic nitrogens is 5. The van der Waals surface area contributed by atoms with Gasteiger partial charge in [-0.15, -0.1) is 0 Å². The second kappa shape index (κ2) is 9.34. The second-order valence-electron chi connectivity index (χ2n) is 11.8. The van der Waals surface area contributed by atoms with Gasteiger partial charge in [0.2, 0.25) is 5.91 Å². The molecule has 1 aromatic carbocycles. The van der Waals surface area contributed by atoms with Gasteiger partial charge >= 0.3 is 6.03 Å². The summed E-state index contributed by atoms with van der Waals surface area (Å²) < 4.78 is 2.00. The maximum Gasteiger partial charge on any atom is 0.331 e. The van der Waals surface area contributed by atoms with Crippen molar-refractivity contribution in [2.45, 2.75) is 50.5 Å². The first kappa shape index (κ1) is 24.9. The molecule has 42 heavy (non-hydrogen) atoms. The quantitative estimate of drug-likeness (QED) is 0.276. The molecule has 8 rings (SSSR count). The molecular formula is C32H30N8O2. The summed E-state index contributed by atoms with van der Waals surface area (Å²) in [5.41, 5.74) is 7.53. The Morgan fingerprint density at radius 2 is 1.86 bits per heavy atom. The number of carbonyl (C=O) groups excluding carboxylic acids is 2. The number of pyridine rings is 2. The molecule has 5 aromatic rings. The number of nitrogens with zero attached hydrogens (tertiary/aromatic N) is 7. The van der Waals surface area contributed by atoms with Gasteiger partial charge in [0.05, 0.1) is 23.4 Å². The minimum Gasteiger partial charge on any atom is -0.379 e. The summed E-state index contributed by atoms with van der Waals surface area (Å²) in [5, 5.41) is 4.60. The molecule has 4 aromatic heterocycles. The lowest BCUT2D eigenvalue weighted by molar-refractivity contribution is -0.123. The van der Waals surface area contributed by atoms with Crippen molar-refractivity contribution in [3.05, 3.63) is 89.5 Å². The maximum absolute atomic E-state index is 12.8. The van der Waals surface area contributed by atoms with Crippen LogP contribution in [0.15, 0.2) is 61.2 Å². The number of urea groups is 1. The molecule has 10 heteroatoms. The van der Waals surface area contributed by atoms with Crippen molar-refractivity contribution in [2.75, 3.05) is 23.8 Å². The average molecular weight is 559 g/mol. The van der Waals surface area contributed by atoms with E-state index in [1.807, 2.05) is 54.2 Å². The monoisotopic (exact) mass is 558 g/mol. The maximum atomic E-state index is 12.8. The molecule has 0 spiro atoms. The summed E-state index contributed by atoms with van der Waals surface area (Å²) in [7, 11) is 1.52. The third kappa shape index (κ3) is 4.34. The summed E-state index contributed by atoms with van der Waals surface area (Å²) >= 11 is 0. The number of hydrogen-bond acceptors (Lipinski definition) is 7. The Morgan fingerprint density at radius 3 is 2.64 bits per heavy atom. The predicted molar refractivity (Wildman–Crippen MR) is 159 cm³/mol.